The van der Waals surface area contributed by atoms with E-state index in [1.807, 2.05) is 0 Å². The maximum Gasteiger partial charge on any atom is 0.0600 e. The monoisotopic (exact) mass is 219 g/mol. The Balaban J connectivity index is 2.16. The first kappa shape index (κ1) is 11.3. The molecule has 0 saturated carbocycles. The number of nitrogens with zero attached hydrogens (tertiary/aromatic N) is 2. The van der Waals surface area contributed by atoms with Crippen LogP contribution in [0.2, 0.25) is 0 Å². The third-order valence-electron chi connectivity index (χ3n) is 3.24. The van der Waals surface area contributed by atoms with E-state index >= 15 is 0 Å². The molecule has 0 aromatic heterocycles. The largest absolute Gasteiger partial charge is 0.397 e. The number of rotatable bonds is 1. The first-order valence-corrected chi connectivity index (χ1v) is 5.96. The summed E-state index contributed by atoms with van der Waals surface area (Å²) >= 11 is 0. The van der Waals surface area contributed by atoms with E-state index in [9.17, 15) is 0 Å². The zero-order valence-corrected chi connectivity index (χ0v) is 10.2. The highest BCUT2D eigenvalue weighted by Gasteiger charge is 2.14. The van der Waals surface area contributed by atoms with Crippen molar-refractivity contribution in [2.45, 2.75) is 13.3 Å². The highest BCUT2D eigenvalue weighted by Crippen LogP contribution is 2.25. The van der Waals surface area contributed by atoms with Crippen LogP contribution < -0.4 is 10.6 Å². The van der Waals surface area contributed by atoms with Gasteiger partial charge in [0.2, 0.25) is 0 Å². The SMILES string of the molecule is Cc1ccc(N2CCCN(C)CC2)c(N)c1. The Bertz CT molecular complexity index is 362. The molecular formula is C13H21N3. The molecule has 1 aromatic rings. The van der Waals surface area contributed by atoms with E-state index in [1.165, 1.54) is 24.2 Å². The highest BCUT2D eigenvalue weighted by molar-refractivity contribution is 5.68. The van der Waals surface area contributed by atoms with Gasteiger partial charge in [-0.15, -0.1) is 0 Å². The molecule has 1 saturated heterocycles. The smallest absolute Gasteiger partial charge is 0.0600 e. The van der Waals surface area contributed by atoms with Crippen LogP contribution in [0.4, 0.5) is 11.4 Å². The molecule has 1 aliphatic heterocycles. The molecule has 0 radical (unpaired) electrons. The van der Waals surface area contributed by atoms with Gasteiger partial charge in [0.25, 0.3) is 0 Å². The van der Waals surface area contributed by atoms with Crippen LogP contribution in [-0.2, 0) is 0 Å². The van der Waals surface area contributed by atoms with Crippen molar-refractivity contribution < 1.29 is 0 Å². The van der Waals surface area contributed by atoms with Gasteiger partial charge in [0.15, 0.2) is 0 Å². The molecule has 0 bridgehead atoms. The third-order valence-corrected chi connectivity index (χ3v) is 3.24. The zero-order valence-electron chi connectivity index (χ0n) is 10.2. The van der Waals surface area contributed by atoms with E-state index < -0.39 is 0 Å². The average molecular weight is 219 g/mol. The molecule has 3 nitrogen and oxygen atoms in total. The normalized spacial score (nSPS) is 18.5. The van der Waals surface area contributed by atoms with Crippen LogP contribution in [0.1, 0.15) is 12.0 Å². The maximum atomic E-state index is 6.08. The zero-order chi connectivity index (χ0) is 11.5. The van der Waals surface area contributed by atoms with Crippen LogP contribution in [0.3, 0.4) is 0 Å². The van der Waals surface area contributed by atoms with Crippen LogP contribution >= 0.6 is 0 Å². The van der Waals surface area contributed by atoms with Crippen molar-refractivity contribution in [1.82, 2.24) is 4.90 Å². The Morgan fingerprint density at radius 1 is 1.12 bits per heavy atom. The third kappa shape index (κ3) is 2.47. The summed E-state index contributed by atoms with van der Waals surface area (Å²) in [7, 11) is 2.18. The predicted molar refractivity (Wildman–Crippen MR) is 69.9 cm³/mol. The number of likely N-dealkylation sites (N-methyl/N-ethyl adjacent to an activating group) is 1. The Morgan fingerprint density at radius 3 is 2.69 bits per heavy atom. The standard InChI is InChI=1S/C13H21N3/c1-11-4-5-13(12(14)10-11)16-7-3-6-15(2)8-9-16/h4-5,10H,3,6-9,14H2,1-2H3. The lowest BCUT2D eigenvalue weighted by Crippen LogP contribution is -2.29. The first-order chi connectivity index (χ1) is 7.66. The molecule has 0 spiro atoms. The summed E-state index contributed by atoms with van der Waals surface area (Å²) in [4.78, 5) is 4.78. The second-order valence-corrected chi connectivity index (χ2v) is 4.71. The molecule has 2 N–H and O–H groups in total. The van der Waals surface area contributed by atoms with Crippen molar-refractivity contribution in [2.75, 3.05) is 43.9 Å². The maximum absolute atomic E-state index is 6.08. The first-order valence-electron chi connectivity index (χ1n) is 5.96. The van der Waals surface area contributed by atoms with Gasteiger partial charge in [-0.2, -0.15) is 0 Å². The number of hydrogen-bond donors (Lipinski definition) is 1. The fraction of sp³-hybridized carbons (Fsp3) is 0.538. The van der Waals surface area contributed by atoms with Gasteiger partial charge in [-0.05, 0) is 44.6 Å². The molecule has 0 atom stereocenters. The fourth-order valence-corrected chi connectivity index (χ4v) is 2.25. The van der Waals surface area contributed by atoms with Gasteiger partial charge < -0.3 is 15.5 Å². The molecule has 0 aliphatic carbocycles. The molecule has 1 heterocycles. The second kappa shape index (κ2) is 4.74. The minimum atomic E-state index is 0.907. The van der Waals surface area contributed by atoms with Crippen molar-refractivity contribution in [1.29, 1.82) is 0 Å². The minimum absolute atomic E-state index is 0.907. The molecule has 0 amide bonds. The lowest BCUT2D eigenvalue weighted by atomic mass is 10.1. The molecule has 3 heteroatoms. The van der Waals surface area contributed by atoms with Crippen LogP contribution in [0.15, 0.2) is 18.2 Å². The summed E-state index contributed by atoms with van der Waals surface area (Å²) in [5.74, 6) is 0. The Morgan fingerprint density at radius 2 is 1.94 bits per heavy atom. The number of hydrogen-bond acceptors (Lipinski definition) is 3. The van der Waals surface area contributed by atoms with E-state index in [2.05, 4.69) is 42.0 Å². The van der Waals surface area contributed by atoms with Gasteiger partial charge in [-0.25, -0.2) is 0 Å². The van der Waals surface area contributed by atoms with Crippen molar-refractivity contribution in [2.24, 2.45) is 0 Å². The van der Waals surface area contributed by atoms with E-state index in [1.54, 1.807) is 0 Å². The lowest BCUT2D eigenvalue weighted by Gasteiger charge is -2.24. The summed E-state index contributed by atoms with van der Waals surface area (Å²) in [6, 6.07) is 6.35. The molecule has 88 valence electrons. The van der Waals surface area contributed by atoms with Crippen LogP contribution in [0.5, 0.6) is 0 Å². The molecule has 2 rings (SSSR count). The van der Waals surface area contributed by atoms with E-state index in [-0.39, 0.29) is 0 Å². The van der Waals surface area contributed by atoms with Crippen molar-refractivity contribution in [3.8, 4) is 0 Å². The average Bonchev–Trinajstić information content (AvgIpc) is 2.43. The van der Waals surface area contributed by atoms with Crippen molar-refractivity contribution in [3.63, 3.8) is 0 Å². The van der Waals surface area contributed by atoms with Gasteiger partial charge >= 0.3 is 0 Å². The second-order valence-electron chi connectivity index (χ2n) is 4.71. The number of nitrogens with two attached hydrogens (primary N) is 1. The summed E-state index contributed by atoms with van der Waals surface area (Å²) in [5, 5.41) is 0. The number of aryl methyl sites for hydroxylation is 1. The number of anilines is 2. The van der Waals surface area contributed by atoms with Gasteiger partial charge in [0.05, 0.1) is 11.4 Å². The van der Waals surface area contributed by atoms with Crippen LogP contribution in [0.25, 0.3) is 0 Å². The Labute approximate surface area is 97.8 Å². The Kier molecular flexibility index (Phi) is 3.34. The number of nitrogen functional groups attached to an aromatic ring is 1. The Hall–Kier alpha value is -1.22. The number of benzene rings is 1. The molecule has 16 heavy (non-hydrogen) atoms. The summed E-state index contributed by atoms with van der Waals surface area (Å²) in [6.45, 7) is 6.56. The fourth-order valence-electron chi connectivity index (χ4n) is 2.25. The van der Waals surface area contributed by atoms with Gasteiger partial charge in [-0.1, -0.05) is 6.07 Å². The van der Waals surface area contributed by atoms with E-state index in [0.29, 0.717) is 0 Å². The lowest BCUT2D eigenvalue weighted by molar-refractivity contribution is 0.360. The molecule has 1 fully saturated rings. The summed E-state index contributed by atoms with van der Waals surface area (Å²) < 4.78 is 0. The van der Waals surface area contributed by atoms with Crippen molar-refractivity contribution >= 4 is 11.4 Å². The quantitative estimate of drug-likeness (QED) is 0.730. The van der Waals surface area contributed by atoms with E-state index in [4.69, 9.17) is 5.73 Å². The van der Waals surface area contributed by atoms with Gasteiger partial charge in [-0.3, -0.25) is 0 Å². The van der Waals surface area contributed by atoms with Crippen LogP contribution in [-0.4, -0.2) is 38.1 Å². The predicted octanol–water partition coefficient (Wildman–Crippen LogP) is 1.72. The van der Waals surface area contributed by atoms with Crippen LogP contribution in [0, 0.1) is 6.92 Å². The van der Waals surface area contributed by atoms with Gasteiger partial charge in [0.1, 0.15) is 0 Å². The molecule has 1 aromatic carbocycles. The molecule has 0 unspecified atom stereocenters. The summed E-state index contributed by atoms with van der Waals surface area (Å²) in [5.41, 5.74) is 9.41. The molecule has 1 aliphatic rings. The summed E-state index contributed by atoms with van der Waals surface area (Å²) in [6.07, 6.45) is 1.21. The topological polar surface area (TPSA) is 32.5 Å². The molecular weight excluding hydrogens is 198 g/mol. The minimum Gasteiger partial charge on any atom is -0.397 e. The van der Waals surface area contributed by atoms with Crippen molar-refractivity contribution in [3.05, 3.63) is 23.8 Å². The van der Waals surface area contributed by atoms with Gasteiger partial charge in [0, 0.05) is 19.6 Å². The van der Waals surface area contributed by atoms with E-state index in [0.717, 1.165) is 25.3 Å². The highest BCUT2D eigenvalue weighted by atomic mass is 15.2.